The van der Waals surface area contributed by atoms with Crippen LogP contribution in [-0.4, -0.2) is 18.2 Å². The Labute approximate surface area is 141 Å². The van der Waals surface area contributed by atoms with Crippen LogP contribution in [0, 0.1) is 0 Å². The van der Waals surface area contributed by atoms with E-state index >= 15 is 0 Å². The van der Waals surface area contributed by atoms with Crippen molar-refractivity contribution in [3.8, 4) is 0 Å². The van der Waals surface area contributed by atoms with E-state index in [1.807, 2.05) is 6.07 Å². The van der Waals surface area contributed by atoms with Gasteiger partial charge in [0.15, 0.2) is 0 Å². The van der Waals surface area contributed by atoms with E-state index in [1.54, 1.807) is 0 Å². The number of aromatic amines is 1. The second-order valence-corrected chi connectivity index (χ2v) is 5.74. The molecule has 22 heavy (non-hydrogen) atoms. The normalized spacial score (nSPS) is 15.5. The molecule has 0 aliphatic carbocycles. The minimum Gasteiger partial charge on any atom is -0.383 e. The molecular weight excluding hydrogens is 344 g/mol. The van der Waals surface area contributed by atoms with E-state index in [-0.39, 0.29) is 22.5 Å². The highest BCUT2D eigenvalue weighted by atomic mass is 79.9. The molecule has 0 amide bonds. The maximum Gasteiger partial charge on any atom is 0.283 e. The van der Waals surface area contributed by atoms with Crippen molar-refractivity contribution in [3.05, 3.63) is 57.6 Å². The molecule has 2 N–H and O–H groups in total. The number of aryl methyl sites for hydroxylation is 1. The molecule has 0 saturated carbocycles. The van der Waals surface area contributed by atoms with Crippen LogP contribution in [-0.2, 0) is 12.8 Å². The molecule has 0 unspecified atom stereocenters. The summed E-state index contributed by atoms with van der Waals surface area (Å²) in [4.78, 5) is 12.0. The molecular formula is C17H23BrN2O2. The van der Waals surface area contributed by atoms with Gasteiger partial charge in [-0.15, -0.1) is 17.0 Å². The summed E-state index contributed by atoms with van der Waals surface area (Å²) in [5.41, 5.74) is 2.13. The summed E-state index contributed by atoms with van der Waals surface area (Å²) in [5, 5.41) is 5.88. The van der Waals surface area contributed by atoms with Crippen molar-refractivity contribution in [2.24, 2.45) is 0 Å². The summed E-state index contributed by atoms with van der Waals surface area (Å²) < 4.78 is 5.47. The Morgan fingerprint density at radius 2 is 1.82 bits per heavy atom. The van der Waals surface area contributed by atoms with Crippen molar-refractivity contribution in [1.82, 2.24) is 10.5 Å². The highest BCUT2D eigenvalue weighted by molar-refractivity contribution is 8.93. The zero-order valence-electron chi connectivity index (χ0n) is 12.6. The maximum absolute atomic E-state index is 12.0. The molecule has 120 valence electrons. The molecule has 1 aliphatic heterocycles. The number of benzene rings is 1. The molecule has 0 atom stereocenters. The van der Waals surface area contributed by atoms with Crippen molar-refractivity contribution in [2.75, 3.05) is 13.1 Å². The van der Waals surface area contributed by atoms with Gasteiger partial charge in [0.2, 0.25) is 0 Å². The first-order valence-corrected chi connectivity index (χ1v) is 7.79. The van der Waals surface area contributed by atoms with Crippen LogP contribution in [0.2, 0.25) is 0 Å². The van der Waals surface area contributed by atoms with Crippen LogP contribution < -0.4 is 10.9 Å². The fourth-order valence-electron chi connectivity index (χ4n) is 3.10. The van der Waals surface area contributed by atoms with Gasteiger partial charge in [0.05, 0.1) is 5.56 Å². The van der Waals surface area contributed by atoms with E-state index in [2.05, 4.69) is 34.7 Å². The van der Waals surface area contributed by atoms with Gasteiger partial charge in [-0.05, 0) is 50.8 Å². The largest absolute Gasteiger partial charge is 0.383 e. The number of hydrogen-bond acceptors (Lipinski definition) is 3. The minimum absolute atomic E-state index is 0. The third kappa shape index (κ3) is 4.11. The first-order valence-electron chi connectivity index (χ1n) is 7.79. The Morgan fingerprint density at radius 3 is 2.55 bits per heavy atom. The Bertz CT molecular complexity index is 615. The lowest BCUT2D eigenvalue weighted by Gasteiger charge is -2.20. The van der Waals surface area contributed by atoms with Crippen molar-refractivity contribution >= 4 is 17.0 Å². The number of hydrogen-bond donors (Lipinski definition) is 2. The van der Waals surface area contributed by atoms with Crippen molar-refractivity contribution in [2.45, 2.75) is 38.0 Å². The summed E-state index contributed by atoms with van der Waals surface area (Å²) in [5.74, 6) is 1.28. The van der Waals surface area contributed by atoms with Crippen molar-refractivity contribution < 1.29 is 4.52 Å². The fraction of sp³-hybridized carbons (Fsp3) is 0.471. The van der Waals surface area contributed by atoms with Crippen LogP contribution in [0.15, 0.2) is 39.6 Å². The molecule has 0 radical (unpaired) electrons. The number of H-pyrrole nitrogens is 1. The predicted octanol–water partition coefficient (Wildman–Crippen LogP) is 3.19. The number of nitrogens with one attached hydrogen (secondary N) is 2. The Kier molecular flexibility index (Phi) is 6.46. The first kappa shape index (κ1) is 17.0. The molecule has 5 heteroatoms. The van der Waals surface area contributed by atoms with E-state index in [1.165, 1.54) is 5.56 Å². The second-order valence-electron chi connectivity index (χ2n) is 5.74. The highest BCUT2D eigenvalue weighted by Crippen LogP contribution is 2.27. The van der Waals surface area contributed by atoms with Crippen LogP contribution in [0.5, 0.6) is 0 Å². The Balaban J connectivity index is 0.00000176. The highest BCUT2D eigenvalue weighted by Gasteiger charge is 2.23. The lowest BCUT2D eigenvalue weighted by atomic mass is 9.91. The number of halogens is 1. The minimum atomic E-state index is -0.0448. The molecule has 1 saturated heterocycles. The lowest BCUT2D eigenvalue weighted by molar-refractivity contribution is 0.323. The standard InChI is InChI=1S/C17H22N2O2.BrH/c20-17-15(8-4-7-13-5-2-1-3-6-13)16(21-19-17)14-9-11-18-12-10-14;/h1-3,5-6,14,18H,4,7-12H2,(H,19,20);1H. The van der Waals surface area contributed by atoms with Gasteiger partial charge in [-0.25, -0.2) is 0 Å². The fourth-order valence-corrected chi connectivity index (χ4v) is 3.10. The topological polar surface area (TPSA) is 58.0 Å². The predicted molar refractivity (Wildman–Crippen MR) is 93.0 cm³/mol. The zero-order valence-corrected chi connectivity index (χ0v) is 14.4. The van der Waals surface area contributed by atoms with Crippen LogP contribution in [0.1, 0.15) is 42.1 Å². The third-order valence-electron chi connectivity index (χ3n) is 4.27. The van der Waals surface area contributed by atoms with Gasteiger partial charge in [-0.3, -0.25) is 4.79 Å². The molecule has 0 bridgehead atoms. The molecule has 2 aromatic rings. The molecule has 0 spiro atoms. The van der Waals surface area contributed by atoms with Crippen molar-refractivity contribution in [1.29, 1.82) is 0 Å². The van der Waals surface area contributed by atoms with E-state index in [4.69, 9.17) is 4.52 Å². The van der Waals surface area contributed by atoms with Gasteiger partial charge in [-0.1, -0.05) is 30.3 Å². The van der Waals surface area contributed by atoms with Crippen molar-refractivity contribution in [3.63, 3.8) is 0 Å². The number of aromatic nitrogens is 1. The van der Waals surface area contributed by atoms with Gasteiger partial charge in [0.1, 0.15) is 5.76 Å². The molecule has 4 nitrogen and oxygen atoms in total. The van der Waals surface area contributed by atoms with Gasteiger partial charge >= 0.3 is 0 Å². The van der Waals surface area contributed by atoms with Crippen LogP contribution in [0.3, 0.4) is 0 Å². The first-order chi connectivity index (χ1) is 10.3. The monoisotopic (exact) mass is 366 g/mol. The second kappa shape index (κ2) is 8.34. The molecule has 1 aromatic carbocycles. The number of piperidine rings is 1. The van der Waals surface area contributed by atoms with Crippen LogP contribution >= 0.6 is 17.0 Å². The molecule has 1 aromatic heterocycles. The zero-order chi connectivity index (χ0) is 14.5. The quantitative estimate of drug-likeness (QED) is 0.854. The van der Waals surface area contributed by atoms with Crippen LogP contribution in [0.4, 0.5) is 0 Å². The smallest absolute Gasteiger partial charge is 0.283 e. The van der Waals surface area contributed by atoms with E-state index < -0.39 is 0 Å². The number of rotatable bonds is 5. The van der Waals surface area contributed by atoms with Gasteiger partial charge in [0, 0.05) is 5.92 Å². The maximum atomic E-state index is 12.0. The molecule has 1 aliphatic rings. The van der Waals surface area contributed by atoms with E-state index in [0.717, 1.165) is 56.5 Å². The van der Waals surface area contributed by atoms with Gasteiger partial charge in [-0.2, -0.15) is 5.16 Å². The molecule has 2 heterocycles. The van der Waals surface area contributed by atoms with E-state index in [9.17, 15) is 4.79 Å². The Morgan fingerprint density at radius 1 is 1.09 bits per heavy atom. The summed E-state index contributed by atoms with van der Waals surface area (Å²) in [6, 6.07) is 10.4. The summed E-state index contributed by atoms with van der Waals surface area (Å²) >= 11 is 0. The van der Waals surface area contributed by atoms with Gasteiger partial charge < -0.3 is 9.84 Å². The van der Waals surface area contributed by atoms with E-state index in [0.29, 0.717) is 5.92 Å². The summed E-state index contributed by atoms with van der Waals surface area (Å²) in [6.45, 7) is 2.01. The average molecular weight is 367 g/mol. The van der Waals surface area contributed by atoms with Gasteiger partial charge in [0.25, 0.3) is 5.56 Å². The lowest BCUT2D eigenvalue weighted by Crippen LogP contribution is -2.27. The third-order valence-corrected chi connectivity index (χ3v) is 4.27. The summed E-state index contributed by atoms with van der Waals surface area (Å²) in [7, 11) is 0. The summed E-state index contributed by atoms with van der Waals surface area (Å²) in [6.07, 6.45) is 4.86. The SMILES string of the molecule is Br.O=c1[nH]oc(C2CCNCC2)c1CCCc1ccccc1. The molecule has 3 rings (SSSR count). The van der Waals surface area contributed by atoms with Crippen LogP contribution in [0.25, 0.3) is 0 Å². The molecule has 1 fully saturated rings. The Hall–Kier alpha value is -1.33. The average Bonchev–Trinajstić information content (AvgIpc) is 2.91.